The van der Waals surface area contributed by atoms with Crippen LogP contribution in [0.4, 0.5) is 0 Å². The highest BCUT2D eigenvalue weighted by atomic mass is 32.2. The van der Waals surface area contributed by atoms with Crippen LogP contribution in [0.5, 0.6) is 0 Å². The number of hydrogen-bond donors (Lipinski definition) is 0. The molecule has 0 aromatic rings. The summed E-state index contributed by atoms with van der Waals surface area (Å²) >= 11 is 3.58. The van der Waals surface area contributed by atoms with Crippen LogP contribution in [0.2, 0.25) is 0 Å². The van der Waals surface area contributed by atoms with E-state index in [-0.39, 0.29) is 0 Å². The molecule has 136 valence electrons. The summed E-state index contributed by atoms with van der Waals surface area (Å²) in [6, 6.07) is 0. The molecule has 4 heteroatoms. The summed E-state index contributed by atoms with van der Waals surface area (Å²) in [5.74, 6) is 5.38. The number of unbranched alkanes of at least 4 members (excludes halogenated alkanes) is 4. The van der Waals surface area contributed by atoms with Crippen LogP contribution < -0.4 is 0 Å². The third-order valence-corrected chi connectivity index (χ3v) is 5.58. The fourth-order valence-corrected chi connectivity index (χ4v) is 4.14. The maximum absolute atomic E-state index is 11.5. The summed E-state index contributed by atoms with van der Waals surface area (Å²) in [6.07, 6.45) is 7.71. The molecule has 0 spiro atoms. The van der Waals surface area contributed by atoms with Crippen LogP contribution in [-0.2, 0) is 9.59 Å². The summed E-state index contributed by atoms with van der Waals surface area (Å²) in [4.78, 5) is 23.1. The number of carbonyl (C=O) groups excluding carboxylic acids is 2. The summed E-state index contributed by atoms with van der Waals surface area (Å²) in [7, 11) is 0. The number of carbonyl (C=O) groups is 2. The third kappa shape index (κ3) is 18.2. The highest BCUT2D eigenvalue weighted by molar-refractivity contribution is 8.00. The van der Waals surface area contributed by atoms with E-state index in [1.165, 1.54) is 32.1 Å². The molecule has 0 N–H and O–H groups in total. The summed E-state index contributed by atoms with van der Waals surface area (Å²) < 4.78 is 0. The van der Waals surface area contributed by atoms with Gasteiger partial charge in [0.15, 0.2) is 0 Å². The predicted molar refractivity (Wildman–Crippen MR) is 107 cm³/mol. The van der Waals surface area contributed by atoms with Gasteiger partial charge in [-0.15, -0.1) is 0 Å². The van der Waals surface area contributed by atoms with E-state index in [1.54, 1.807) is 23.5 Å². The molecule has 0 radical (unpaired) electrons. The van der Waals surface area contributed by atoms with E-state index in [4.69, 9.17) is 0 Å². The standard InChI is InChI=1S/C19H36O2S2/c1-16(2)12-18(20)14-22-10-8-6-5-7-9-11-23-15-19(21)13-17(3)4/h16-17H,5-15H2,1-4H3. The van der Waals surface area contributed by atoms with Gasteiger partial charge in [-0.1, -0.05) is 47.0 Å². The molecule has 0 saturated carbocycles. The van der Waals surface area contributed by atoms with Crippen molar-refractivity contribution in [1.29, 1.82) is 0 Å². The molecule has 0 aliphatic carbocycles. The molecule has 0 fully saturated rings. The molecule has 0 aliphatic rings. The Balaban J connectivity index is 3.22. The quantitative estimate of drug-likeness (QED) is 0.334. The van der Waals surface area contributed by atoms with Crippen molar-refractivity contribution >= 4 is 35.1 Å². The second kappa shape index (κ2) is 15.6. The van der Waals surface area contributed by atoms with E-state index in [2.05, 4.69) is 27.7 Å². The fraction of sp³-hybridized carbons (Fsp3) is 0.895. The van der Waals surface area contributed by atoms with E-state index in [1.807, 2.05) is 0 Å². The number of ketones is 2. The Hall–Kier alpha value is 0.0400. The largest absolute Gasteiger partial charge is 0.299 e. The van der Waals surface area contributed by atoms with Crippen LogP contribution in [0.3, 0.4) is 0 Å². The Labute approximate surface area is 152 Å². The van der Waals surface area contributed by atoms with Gasteiger partial charge in [0, 0.05) is 12.8 Å². The van der Waals surface area contributed by atoms with Gasteiger partial charge in [-0.05, 0) is 36.2 Å². The minimum atomic E-state index is 0.397. The predicted octanol–water partition coefficient (Wildman–Crippen LogP) is 5.63. The van der Waals surface area contributed by atoms with Gasteiger partial charge in [-0.2, -0.15) is 23.5 Å². The van der Waals surface area contributed by atoms with E-state index in [9.17, 15) is 9.59 Å². The fourth-order valence-electron chi connectivity index (χ4n) is 2.34. The van der Waals surface area contributed by atoms with Crippen molar-refractivity contribution in [3.8, 4) is 0 Å². The van der Waals surface area contributed by atoms with Crippen LogP contribution in [0.25, 0.3) is 0 Å². The number of thioether (sulfide) groups is 2. The van der Waals surface area contributed by atoms with Crippen LogP contribution in [0.15, 0.2) is 0 Å². The van der Waals surface area contributed by atoms with Crippen molar-refractivity contribution in [2.45, 2.75) is 72.6 Å². The smallest absolute Gasteiger partial charge is 0.142 e. The first-order chi connectivity index (χ1) is 10.9. The molecule has 0 bridgehead atoms. The maximum atomic E-state index is 11.5. The molecule has 0 heterocycles. The van der Waals surface area contributed by atoms with E-state index < -0.39 is 0 Å². The Morgan fingerprint density at radius 2 is 1.00 bits per heavy atom. The third-order valence-electron chi connectivity index (χ3n) is 3.38. The van der Waals surface area contributed by atoms with Crippen LogP contribution in [0.1, 0.15) is 72.6 Å². The Morgan fingerprint density at radius 3 is 1.35 bits per heavy atom. The first kappa shape index (κ1) is 23.0. The zero-order valence-electron chi connectivity index (χ0n) is 15.6. The van der Waals surface area contributed by atoms with E-state index in [0.29, 0.717) is 34.9 Å². The average molecular weight is 361 g/mol. The molecule has 0 atom stereocenters. The van der Waals surface area contributed by atoms with Gasteiger partial charge >= 0.3 is 0 Å². The van der Waals surface area contributed by atoms with Gasteiger partial charge in [-0.25, -0.2) is 0 Å². The molecule has 23 heavy (non-hydrogen) atoms. The first-order valence-electron chi connectivity index (χ1n) is 9.10. The SMILES string of the molecule is CC(C)CC(=O)CSCCCCCCCSCC(=O)CC(C)C. The second-order valence-corrected chi connectivity index (χ2v) is 9.36. The lowest BCUT2D eigenvalue weighted by atomic mass is 10.1. The van der Waals surface area contributed by atoms with Crippen LogP contribution in [0, 0.1) is 11.8 Å². The zero-order chi connectivity index (χ0) is 17.5. The highest BCUT2D eigenvalue weighted by Crippen LogP contribution is 2.13. The van der Waals surface area contributed by atoms with Gasteiger partial charge in [0.05, 0.1) is 11.5 Å². The molecule has 0 saturated heterocycles. The van der Waals surface area contributed by atoms with Gasteiger partial charge in [0.25, 0.3) is 0 Å². The topological polar surface area (TPSA) is 34.1 Å². The maximum Gasteiger partial charge on any atom is 0.142 e. The Kier molecular flexibility index (Phi) is 15.6. The molecular formula is C19H36O2S2. The van der Waals surface area contributed by atoms with Crippen LogP contribution >= 0.6 is 23.5 Å². The summed E-state index contributed by atoms with van der Waals surface area (Å²) in [6.45, 7) is 8.39. The highest BCUT2D eigenvalue weighted by Gasteiger charge is 2.05. The molecule has 2 nitrogen and oxygen atoms in total. The van der Waals surface area contributed by atoms with Crippen molar-refractivity contribution < 1.29 is 9.59 Å². The lowest BCUT2D eigenvalue weighted by molar-refractivity contribution is -0.118. The lowest BCUT2D eigenvalue weighted by Gasteiger charge is -2.05. The van der Waals surface area contributed by atoms with Gasteiger partial charge in [0.2, 0.25) is 0 Å². The summed E-state index contributed by atoms with van der Waals surface area (Å²) in [5.41, 5.74) is 0. The molecule has 0 unspecified atom stereocenters. The average Bonchev–Trinajstić information content (AvgIpc) is 2.43. The van der Waals surface area contributed by atoms with Crippen molar-refractivity contribution in [1.82, 2.24) is 0 Å². The Morgan fingerprint density at radius 1 is 0.652 bits per heavy atom. The second-order valence-electron chi connectivity index (χ2n) is 7.15. The van der Waals surface area contributed by atoms with E-state index in [0.717, 1.165) is 24.3 Å². The van der Waals surface area contributed by atoms with Crippen molar-refractivity contribution in [2.24, 2.45) is 11.8 Å². The first-order valence-corrected chi connectivity index (χ1v) is 11.4. The number of rotatable bonds is 16. The monoisotopic (exact) mass is 360 g/mol. The lowest BCUT2D eigenvalue weighted by Crippen LogP contribution is -2.06. The van der Waals surface area contributed by atoms with Crippen molar-refractivity contribution in [2.75, 3.05) is 23.0 Å². The van der Waals surface area contributed by atoms with Crippen molar-refractivity contribution in [3.05, 3.63) is 0 Å². The molecule has 0 aliphatic heterocycles. The number of Topliss-reactive ketones (excluding diaryl/α,β-unsaturated/α-hetero) is 2. The van der Waals surface area contributed by atoms with Gasteiger partial charge < -0.3 is 0 Å². The molecule has 0 aromatic carbocycles. The minimum absolute atomic E-state index is 0.397. The zero-order valence-corrected chi connectivity index (χ0v) is 17.2. The van der Waals surface area contributed by atoms with E-state index >= 15 is 0 Å². The molecule has 0 amide bonds. The van der Waals surface area contributed by atoms with Gasteiger partial charge in [0.1, 0.15) is 11.6 Å². The minimum Gasteiger partial charge on any atom is -0.299 e. The molecule has 0 aromatic heterocycles. The molecule has 0 rings (SSSR count). The molecular weight excluding hydrogens is 324 g/mol. The summed E-state index contributed by atoms with van der Waals surface area (Å²) in [5, 5.41) is 0. The normalized spacial score (nSPS) is 11.4. The number of hydrogen-bond acceptors (Lipinski definition) is 4. The Bertz CT molecular complexity index is 284. The van der Waals surface area contributed by atoms with Crippen LogP contribution in [-0.4, -0.2) is 34.6 Å². The van der Waals surface area contributed by atoms with Gasteiger partial charge in [-0.3, -0.25) is 9.59 Å². The van der Waals surface area contributed by atoms with Crippen molar-refractivity contribution in [3.63, 3.8) is 0 Å².